The smallest absolute Gasteiger partial charge is 0.157 e. The molecule has 0 aromatic carbocycles. The molecule has 0 aromatic heterocycles. The van der Waals surface area contributed by atoms with Crippen molar-refractivity contribution in [2.75, 3.05) is 19.4 Å². The monoisotopic (exact) mass is 256 g/mol. The van der Waals surface area contributed by atoms with E-state index in [2.05, 4.69) is 19.2 Å². The first-order valence-corrected chi connectivity index (χ1v) is 7.67. The van der Waals surface area contributed by atoms with Crippen LogP contribution in [-0.4, -0.2) is 35.7 Å². The number of rotatable bonds is 5. The van der Waals surface area contributed by atoms with Gasteiger partial charge in [0.2, 0.25) is 0 Å². The maximum Gasteiger partial charge on any atom is 0.157 e. The summed E-state index contributed by atoms with van der Waals surface area (Å²) in [7, 11) is 1.82. The molecule has 2 rings (SSSR count). The molecule has 0 unspecified atom stereocenters. The van der Waals surface area contributed by atoms with Gasteiger partial charge in [0.25, 0.3) is 0 Å². The molecule has 1 aliphatic heterocycles. The molecule has 2 aliphatic rings. The van der Waals surface area contributed by atoms with E-state index in [-0.39, 0.29) is 11.1 Å². The summed E-state index contributed by atoms with van der Waals surface area (Å²) in [5.41, 5.74) is 0.336. The molecule has 1 saturated heterocycles. The van der Waals surface area contributed by atoms with Crippen LogP contribution in [0.2, 0.25) is 0 Å². The fourth-order valence-corrected chi connectivity index (χ4v) is 3.77. The van der Waals surface area contributed by atoms with E-state index in [0.29, 0.717) is 0 Å². The topological polar surface area (TPSA) is 33.6 Å². The van der Waals surface area contributed by atoms with Crippen LogP contribution in [0, 0.1) is 0 Å². The SMILES string of the molecule is CCC1(CC)CSC(=NCC2(OC)CCC2)N1. The molecule has 0 bridgehead atoms. The van der Waals surface area contributed by atoms with Gasteiger partial charge in [-0.2, -0.15) is 0 Å². The van der Waals surface area contributed by atoms with Crippen molar-refractivity contribution in [3.05, 3.63) is 0 Å². The van der Waals surface area contributed by atoms with Crippen LogP contribution in [0.25, 0.3) is 0 Å². The minimum Gasteiger partial charge on any atom is -0.376 e. The first kappa shape index (κ1) is 13.2. The average molecular weight is 256 g/mol. The fourth-order valence-electron chi connectivity index (χ4n) is 2.44. The normalized spacial score (nSPS) is 27.8. The van der Waals surface area contributed by atoms with E-state index in [0.717, 1.165) is 30.3 Å². The van der Waals surface area contributed by atoms with Crippen LogP contribution in [0.3, 0.4) is 0 Å². The molecule has 1 heterocycles. The van der Waals surface area contributed by atoms with Crippen LogP contribution in [0.1, 0.15) is 46.0 Å². The molecule has 0 radical (unpaired) electrons. The molecule has 98 valence electrons. The van der Waals surface area contributed by atoms with Crippen molar-refractivity contribution in [2.24, 2.45) is 4.99 Å². The van der Waals surface area contributed by atoms with Gasteiger partial charge in [0.15, 0.2) is 5.17 Å². The molecule has 0 aromatic rings. The van der Waals surface area contributed by atoms with E-state index in [1.165, 1.54) is 19.3 Å². The Labute approximate surface area is 109 Å². The van der Waals surface area contributed by atoms with Crippen LogP contribution >= 0.6 is 11.8 Å². The molecule has 0 atom stereocenters. The fraction of sp³-hybridized carbons (Fsp3) is 0.923. The van der Waals surface area contributed by atoms with E-state index >= 15 is 0 Å². The predicted octanol–water partition coefficient (Wildman–Crippen LogP) is 2.81. The summed E-state index contributed by atoms with van der Waals surface area (Å²) in [6.07, 6.45) is 5.96. The molecular formula is C13H24N2OS. The van der Waals surface area contributed by atoms with Gasteiger partial charge in [0, 0.05) is 18.4 Å². The number of thioether (sulfide) groups is 1. The number of aliphatic imine (C=N–C) groups is 1. The lowest BCUT2D eigenvalue weighted by Crippen LogP contribution is -2.44. The van der Waals surface area contributed by atoms with Gasteiger partial charge in [-0.3, -0.25) is 4.99 Å². The van der Waals surface area contributed by atoms with Gasteiger partial charge in [-0.15, -0.1) is 0 Å². The van der Waals surface area contributed by atoms with Crippen molar-refractivity contribution >= 4 is 16.9 Å². The number of ether oxygens (including phenoxy) is 1. The summed E-state index contributed by atoms with van der Waals surface area (Å²) in [6.45, 7) is 5.33. The van der Waals surface area contributed by atoms with Crippen molar-refractivity contribution in [1.82, 2.24) is 5.32 Å². The summed E-state index contributed by atoms with van der Waals surface area (Å²) in [6, 6.07) is 0. The number of methoxy groups -OCH3 is 1. The molecule has 0 amide bonds. The second-order valence-corrected chi connectivity index (χ2v) is 6.23. The number of nitrogens with zero attached hydrogens (tertiary/aromatic N) is 1. The van der Waals surface area contributed by atoms with Gasteiger partial charge < -0.3 is 10.1 Å². The van der Waals surface area contributed by atoms with Gasteiger partial charge in [-0.1, -0.05) is 25.6 Å². The lowest BCUT2D eigenvalue weighted by atomic mass is 9.80. The highest BCUT2D eigenvalue weighted by Crippen LogP contribution is 2.36. The number of nitrogens with one attached hydrogen (secondary N) is 1. The Kier molecular flexibility index (Phi) is 4.03. The van der Waals surface area contributed by atoms with Gasteiger partial charge in [-0.25, -0.2) is 0 Å². The van der Waals surface area contributed by atoms with Crippen LogP contribution < -0.4 is 5.32 Å². The molecule has 1 aliphatic carbocycles. The minimum atomic E-state index is 0.0545. The Morgan fingerprint density at radius 3 is 2.47 bits per heavy atom. The summed E-state index contributed by atoms with van der Waals surface area (Å²) in [4.78, 5) is 4.72. The summed E-state index contributed by atoms with van der Waals surface area (Å²) >= 11 is 1.87. The molecule has 2 fully saturated rings. The van der Waals surface area contributed by atoms with E-state index in [9.17, 15) is 0 Å². The Morgan fingerprint density at radius 2 is 2.06 bits per heavy atom. The summed E-state index contributed by atoms with van der Waals surface area (Å²) < 4.78 is 5.59. The molecule has 1 N–H and O–H groups in total. The van der Waals surface area contributed by atoms with Crippen LogP contribution in [0.5, 0.6) is 0 Å². The molecule has 1 saturated carbocycles. The molecular weight excluding hydrogens is 232 g/mol. The molecule has 0 spiro atoms. The minimum absolute atomic E-state index is 0.0545. The zero-order valence-corrected chi connectivity index (χ0v) is 12.0. The summed E-state index contributed by atoms with van der Waals surface area (Å²) in [5, 5.41) is 4.73. The first-order chi connectivity index (χ1) is 8.17. The number of hydrogen-bond donors (Lipinski definition) is 1. The average Bonchev–Trinajstić information content (AvgIpc) is 2.73. The zero-order chi connectivity index (χ0) is 12.4. The van der Waals surface area contributed by atoms with Crippen LogP contribution in [0.15, 0.2) is 4.99 Å². The first-order valence-electron chi connectivity index (χ1n) is 6.68. The van der Waals surface area contributed by atoms with Gasteiger partial charge in [-0.05, 0) is 32.1 Å². The van der Waals surface area contributed by atoms with Crippen molar-refractivity contribution in [3.63, 3.8) is 0 Å². The van der Waals surface area contributed by atoms with Crippen molar-refractivity contribution in [1.29, 1.82) is 0 Å². The standard InChI is InChI=1S/C13H24N2OS/c1-4-12(5-2)10-17-11(15-12)14-9-13(16-3)7-6-8-13/h4-10H2,1-3H3,(H,14,15). The van der Waals surface area contributed by atoms with Crippen LogP contribution in [-0.2, 0) is 4.74 Å². The van der Waals surface area contributed by atoms with E-state index < -0.39 is 0 Å². The highest BCUT2D eigenvalue weighted by molar-refractivity contribution is 8.14. The summed E-state index contributed by atoms with van der Waals surface area (Å²) in [5.74, 6) is 1.15. The molecule has 3 nitrogen and oxygen atoms in total. The van der Waals surface area contributed by atoms with Gasteiger partial charge >= 0.3 is 0 Å². The third-order valence-electron chi connectivity index (χ3n) is 4.42. The zero-order valence-electron chi connectivity index (χ0n) is 11.2. The van der Waals surface area contributed by atoms with Gasteiger partial charge in [0.05, 0.1) is 12.1 Å². The van der Waals surface area contributed by atoms with E-state index in [4.69, 9.17) is 9.73 Å². The lowest BCUT2D eigenvalue weighted by molar-refractivity contribution is -0.0629. The largest absolute Gasteiger partial charge is 0.376 e. The number of hydrogen-bond acceptors (Lipinski definition) is 3. The quantitative estimate of drug-likeness (QED) is 0.821. The Bertz CT molecular complexity index is 290. The second-order valence-electron chi connectivity index (χ2n) is 5.26. The van der Waals surface area contributed by atoms with Gasteiger partial charge in [0.1, 0.15) is 0 Å². The third kappa shape index (κ3) is 2.63. The Balaban J connectivity index is 1.91. The Hall–Kier alpha value is -0.220. The second kappa shape index (κ2) is 5.19. The van der Waals surface area contributed by atoms with E-state index in [1.807, 2.05) is 18.9 Å². The maximum atomic E-state index is 5.59. The van der Waals surface area contributed by atoms with Crippen molar-refractivity contribution in [2.45, 2.75) is 57.1 Å². The molecule has 4 heteroatoms. The van der Waals surface area contributed by atoms with Crippen LogP contribution in [0.4, 0.5) is 0 Å². The highest BCUT2D eigenvalue weighted by Gasteiger charge is 2.38. The maximum absolute atomic E-state index is 5.59. The highest BCUT2D eigenvalue weighted by atomic mass is 32.2. The van der Waals surface area contributed by atoms with Crippen molar-refractivity contribution in [3.8, 4) is 0 Å². The predicted molar refractivity (Wildman–Crippen MR) is 74.8 cm³/mol. The number of amidine groups is 1. The lowest BCUT2D eigenvalue weighted by Gasteiger charge is -2.39. The molecule has 17 heavy (non-hydrogen) atoms. The van der Waals surface area contributed by atoms with Crippen molar-refractivity contribution < 1.29 is 4.74 Å². The third-order valence-corrected chi connectivity index (χ3v) is 5.62. The Morgan fingerprint density at radius 1 is 1.35 bits per heavy atom. The van der Waals surface area contributed by atoms with E-state index in [1.54, 1.807) is 0 Å².